The molecule has 0 saturated carbocycles. The lowest BCUT2D eigenvalue weighted by molar-refractivity contribution is 0.555. The van der Waals surface area contributed by atoms with Crippen LogP contribution in [0.15, 0.2) is 18.2 Å². The highest BCUT2D eigenvalue weighted by atomic mass is 14.7. The fourth-order valence-electron chi connectivity index (χ4n) is 2.12. The fourth-order valence-corrected chi connectivity index (χ4v) is 2.12. The summed E-state index contributed by atoms with van der Waals surface area (Å²) in [5.74, 6) is 0. The van der Waals surface area contributed by atoms with Crippen molar-refractivity contribution in [3.05, 3.63) is 34.9 Å². The van der Waals surface area contributed by atoms with E-state index >= 15 is 0 Å². The average molecular weight is 248 g/mol. The molecule has 102 valence electrons. The van der Waals surface area contributed by atoms with Crippen LogP contribution in [-0.4, -0.2) is 6.54 Å². The minimum absolute atomic E-state index is 0.0757. The second-order valence-electron chi connectivity index (χ2n) is 7.14. The van der Waals surface area contributed by atoms with Gasteiger partial charge in [-0.05, 0) is 27.5 Å². The Balaban J connectivity index is 3.40. The van der Waals surface area contributed by atoms with Crippen LogP contribution >= 0.6 is 0 Å². The van der Waals surface area contributed by atoms with E-state index in [9.17, 15) is 0 Å². The average Bonchev–Trinajstić information content (AvgIpc) is 2.24. The molecule has 1 unspecified atom stereocenters. The first-order chi connectivity index (χ1) is 8.07. The molecule has 0 aliphatic rings. The number of rotatable bonds is 2. The van der Waals surface area contributed by atoms with E-state index in [1.165, 1.54) is 16.7 Å². The van der Waals surface area contributed by atoms with Gasteiger partial charge in [0.2, 0.25) is 0 Å². The third-order valence-corrected chi connectivity index (χ3v) is 3.38. The molecule has 4 N–H and O–H groups in total. The summed E-state index contributed by atoms with van der Waals surface area (Å²) >= 11 is 0. The molecular formula is C16H28N2. The van der Waals surface area contributed by atoms with Crippen LogP contribution in [0.5, 0.6) is 0 Å². The number of nitrogens with two attached hydrogens (primary N) is 2. The first-order valence-electron chi connectivity index (χ1n) is 6.68. The van der Waals surface area contributed by atoms with Gasteiger partial charge in [0, 0.05) is 12.6 Å². The third-order valence-electron chi connectivity index (χ3n) is 3.38. The molecule has 0 saturated heterocycles. The molecule has 0 fully saturated rings. The van der Waals surface area contributed by atoms with Crippen LogP contribution in [0.3, 0.4) is 0 Å². The van der Waals surface area contributed by atoms with Gasteiger partial charge in [-0.3, -0.25) is 0 Å². The van der Waals surface area contributed by atoms with E-state index in [4.69, 9.17) is 11.5 Å². The van der Waals surface area contributed by atoms with Crippen LogP contribution in [0, 0.1) is 0 Å². The van der Waals surface area contributed by atoms with Crippen molar-refractivity contribution in [2.24, 2.45) is 11.5 Å². The van der Waals surface area contributed by atoms with Crippen LogP contribution in [0.25, 0.3) is 0 Å². The van der Waals surface area contributed by atoms with Crippen molar-refractivity contribution in [3.63, 3.8) is 0 Å². The Kier molecular flexibility index (Phi) is 4.24. The monoisotopic (exact) mass is 248 g/mol. The topological polar surface area (TPSA) is 52.0 Å². The van der Waals surface area contributed by atoms with E-state index in [1.54, 1.807) is 0 Å². The second-order valence-corrected chi connectivity index (χ2v) is 7.14. The van der Waals surface area contributed by atoms with Crippen molar-refractivity contribution in [2.45, 2.75) is 58.4 Å². The smallest absolute Gasteiger partial charge is 0.0422 e. The molecule has 1 atom stereocenters. The summed E-state index contributed by atoms with van der Waals surface area (Å²) < 4.78 is 0. The lowest BCUT2D eigenvalue weighted by atomic mass is 9.77. The highest BCUT2D eigenvalue weighted by Crippen LogP contribution is 2.33. The maximum atomic E-state index is 6.13. The van der Waals surface area contributed by atoms with Gasteiger partial charge in [-0.2, -0.15) is 0 Å². The molecular weight excluding hydrogens is 220 g/mol. The van der Waals surface area contributed by atoms with Gasteiger partial charge in [-0.25, -0.2) is 0 Å². The third kappa shape index (κ3) is 3.33. The summed E-state index contributed by atoms with van der Waals surface area (Å²) in [6, 6.07) is 6.55. The quantitative estimate of drug-likeness (QED) is 0.844. The van der Waals surface area contributed by atoms with Crippen LogP contribution in [0.4, 0.5) is 0 Å². The highest BCUT2D eigenvalue weighted by molar-refractivity contribution is 5.40. The van der Waals surface area contributed by atoms with Gasteiger partial charge < -0.3 is 11.5 Å². The first kappa shape index (κ1) is 15.2. The van der Waals surface area contributed by atoms with Crippen LogP contribution < -0.4 is 11.5 Å². The minimum Gasteiger partial charge on any atom is -0.329 e. The zero-order valence-electron chi connectivity index (χ0n) is 12.7. The molecule has 0 heterocycles. The second kappa shape index (κ2) is 5.02. The molecule has 1 aromatic rings. The predicted molar refractivity (Wildman–Crippen MR) is 79.8 cm³/mol. The molecule has 18 heavy (non-hydrogen) atoms. The molecule has 1 aromatic carbocycles. The summed E-state index contributed by atoms with van der Waals surface area (Å²) in [6.07, 6.45) is 0. The standard InChI is InChI=1S/C16H28N2/c1-15(2,3)11-7-8-12(14(18)10-17)13(9-11)16(4,5)6/h7-9,14H,10,17-18H2,1-6H3. The Labute approximate surface area is 112 Å². The summed E-state index contributed by atoms with van der Waals surface area (Å²) in [7, 11) is 0. The highest BCUT2D eigenvalue weighted by Gasteiger charge is 2.23. The maximum Gasteiger partial charge on any atom is 0.0422 e. The summed E-state index contributed by atoms with van der Waals surface area (Å²) in [5, 5.41) is 0. The minimum atomic E-state index is -0.0757. The van der Waals surface area contributed by atoms with Crippen LogP contribution in [0.1, 0.15) is 64.3 Å². The molecule has 0 bridgehead atoms. The van der Waals surface area contributed by atoms with Gasteiger partial charge in [0.15, 0.2) is 0 Å². The molecule has 0 aliphatic heterocycles. The molecule has 0 amide bonds. The van der Waals surface area contributed by atoms with Gasteiger partial charge >= 0.3 is 0 Å². The van der Waals surface area contributed by atoms with E-state index in [0.29, 0.717) is 6.54 Å². The normalized spacial score (nSPS) is 14.7. The Morgan fingerprint density at radius 3 is 1.94 bits per heavy atom. The largest absolute Gasteiger partial charge is 0.329 e. The first-order valence-corrected chi connectivity index (χ1v) is 6.68. The molecule has 1 rings (SSSR count). The lowest BCUT2D eigenvalue weighted by Gasteiger charge is -2.29. The Bertz CT molecular complexity index is 408. The van der Waals surface area contributed by atoms with Gasteiger partial charge in [0.1, 0.15) is 0 Å². The number of hydrogen-bond acceptors (Lipinski definition) is 2. The van der Waals surface area contributed by atoms with E-state index < -0.39 is 0 Å². The fraction of sp³-hybridized carbons (Fsp3) is 0.625. The number of benzene rings is 1. The van der Waals surface area contributed by atoms with Crippen LogP contribution in [-0.2, 0) is 10.8 Å². The van der Waals surface area contributed by atoms with Crippen molar-refractivity contribution >= 4 is 0 Å². The molecule has 0 aromatic heterocycles. The zero-order valence-corrected chi connectivity index (χ0v) is 12.7. The Morgan fingerprint density at radius 2 is 1.56 bits per heavy atom. The number of hydrogen-bond donors (Lipinski definition) is 2. The van der Waals surface area contributed by atoms with Crippen molar-refractivity contribution in [2.75, 3.05) is 6.54 Å². The summed E-state index contributed by atoms with van der Waals surface area (Å²) in [4.78, 5) is 0. The predicted octanol–water partition coefficient (Wildman–Crippen LogP) is 3.24. The van der Waals surface area contributed by atoms with Crippen molar-refractivity contribution < 1.29 is 0 Å². The summed E-state index contributed by atoms with van der Waals surface area (Å²) in [6.45, 7) is 13.9. The van der Waals surface area contributed by atoms with Crippen LogP contribution in [0.2, 0.25) is 0 Å². The molecule has 0 aliphatic carbocycles. The van der Waals surface area contributed by atoms with E-state index in [0.717, 1.165) is 0 Å². The Hall–Kier alpha value is -0.860. The van der Waals surface area contributed by atoms with Gasteiger partial charge in [-0.15, -0.1) is 0 Å². The molecule has 2 heteroatoms. The molecule has 0 spiro atoms. The van der Waals surface area contributed by atoms with E-state index in [1.807, 2.05) is 0 Å². The van der Waals surface area contributed by atoms with Crippen molar-refractivity contribution in [3.8, 4) is 0 Å². The van der Waals surface area contributed by atoms with Gasteiger partial charge in [0.05, 0.1) is 0 Å². The van der Waals surface area contributed by atoms with Gasteiger partial charge in [-0.1, -0.05) is 59.7 Å². The van der Waals surface area contributed by atoms with Crippen molar-refractivity contribution in [1.29, 1.82) is 0 Å². The maximum absolute atomic E-state index is 6.13. The Morgan fingerprint density at radius 1 is 1.00 bits per heavy atom. The molecule has 0 radical (unpaired) electrons. The SMILES string of the molecule is CC(C)(C)c1ccc(C(N)CN)c(C(C)(C)C)c1. The lowest BCUT2D eigenvalue weighted by Crippen LogP contribution is -2.26. The van der Waals surface area contributed by atoms with Gasteiger partial charge in [0.25, 0.3) is 0 Å². The van der Waals surface area contributed by atoms with Crippen molar-refractivity contribution in [1.82, 2.24) is 0 Å². The van der Waals surface area contributed by atoms with E-state index in [2.05, 4.69) is 59.7 Å². The summed E-state index contributed by atoms with van der Waals surface area (Å²) in [5.41, 5.74) is 15.9. The van der Waals surface area contributed by atoms with E-state index in [-0.39, 0.29) is 16.9 Å². The zero-order chi connectivity index (χ0) is 14.1. The molecule has 2 nitrogen and oxygen atoms in total.